The van der Waals surface area contributed by atoms with Gasteiger partial charge in [0.05, 0.1) is 5.56 Å². The first-order chi connectivity index (χ1) is 13.0. The third kappa shape index (κ3) is 4.05. The normalized spacial score (nSPS) is 11.1. The van der Waals surface area contributed by atoms with Crippen LogP contribution in [-0.4, -0.2) is 27.3 Å². The summed E-state index contributed by atoms with van der Waals surface area (Å²) < 4.78 is 14.9. The molecule has 0 fully saturated rings. The van der Waals surface area contributed by atoms with Crippen LogP contribution < -0.4 is 5.32 Å². The number of hydrogen-bond donors (Lipinski definition) is 1. The fourth-order valence-electron chi connectivity index (χ4n) is 3.08. The number of fused-ring (bicyclic) bond motifs is 1. The second kappa shape index (κ2) is 8.12. The summed E-state index contributed by atoms with van der Waals surface area (Å²) >= 11 is 0. The summed E-state index contributed by atoms with van der Waals surface area (Å²) in [4.78, 5) is 29.5. The standard InChI is InChI=1S/C21H22FN3O2/c1-3-16(4-2)24-21(27)19(26)18-13-25(20-17(18)6-5-11-23-20)12-14-7-9-15(22)10-8-14/h5-11,13,16H,3-4,12H2,1-2H3,(H,24,27). The molecule has 6 heteroatoms. The van der Waals surface area contributed by atoms with Gasteiger partial charge in [-0.25, -0.2) is 9.37 Å². The topological polar surface area (TPSA) is 64.0 Å². The number of Topliss-reactive ketones (excluding diaryl/α,β-unsaturated/α-hetero) is 1. The summed E-state index contributed by atoms with van der Waals surface area (Å²) in [6, 6.07) is 9.65. The van der Waals surface area contributed by atoms with Crippen LogP contribution in [0.3, 0.4) is 0 Å². The number of pyridine rings is 1. The smallest absolute Gasteiger partial charge is 0.292 e. The third-order valence-electron chi connectivity index (χ3n) is 4.67. The van der Waals surface area contributed by atoms with Gasteiger partial charge in [-0.3, -0.25) is 9.59 Å². The number of benzene rings is 1. The van der Waals surface area contributed by atoms with Crippen molar-refractivity contribution in [3.05, 3.63) is 65.7 Å². The second-order valence-electron chi connectivity index (χ2n) is 6.49. The monoisotopic (exact) mass is 367 g/mol. The Balaban J connectivity index is 1.93. The number of hydrogen-bond acceptors (Lipinski definition) is 3. The lowest BCUT2D eigenvalue weighted by Gasteiger charge is -2.13. The molecule has 0 atom stereocenters. The Labute approximate surface area is 157 Å². The van der Waals surface area contributed by atoms with Gasteiger partial charge in [0, 0.05) is 30.4 Å². The zero-order chi connectivity index (χ0) is 19.4. The Morgan fingerprint density at radius 1 is 1.15 bits per heavy atom. The zero-order valence-electron chi connectivity index (χ0n) is 15.4. The van der Waals surface area contributed by atoms with Crippen LogP contribution in [-0.2, 0) is 11.3 Å². The molecule has 0 bridgehead atoms. The minimum Gasteiger partial charge on any atom is -0.346 e. The highest BCUT2D eigenvalue weighted by Gasteiger charge is 2.23. The maximum Gasteiger partial charge on any atom is 0.292 e. The number of amides is 1. The van der Waals surface area contributed by atoms with Crippen LogP contribution in [0.15, 0.2) is 48.8 Å². The summed E-state index contributed by atoms with van der Waals surface area (Å²) in [7, 11) is 0. The predicted molar refractivity (Wildman–Crippen MR) is 102 cm³/mol. The molecule has 0 saturated carbocycles. The summed E-state index contributed by atoms with van der Waals surface area (Å²) in [6.45, 7) is 4.37. The van der Waals surface area contributed by atoms with Crippen molar-refractivity contribution >= 4 is 22.7 Å². The van der Waals surface area contributed by atoms with Gasteiger partial charge in [-0.05, 0) is 42.7 Å². The largest absolute Gasteiger partial charge is 0.346 e. The van der Waals surface area contributed by atoms with Crippen molar-refractivity contribution in [2.75, 3.05) is 0 Å². The number of carbonyl (C=O) groups excluding carboxylic acids is 2. The molecule has 0 unspecified atom stereocenters. The van der Waals surface area contributed by atoms with Crippen molar-refractivity contribution in [1.82, 2.24) is 14.9 Å². The van der Waals surface area contributed by atoms with Crippen molar-refractivity contribution < 1.29 is 14.0 Å². The van der Waals surface area contributed by atoms with Crippen LogP contribution in [0.4, 0.5) is 4.39 Å². The number of halogens is 1. The number of rotatable bonds is 7. The summed E-state index contributed by atoms with van der Waals surface area (Å²) in [5.74, 6) is -1.48. The van der Waals surface area contributed by atoms with E-state index in [0.29, 0.717) is 23.1 Å². The van der Waals surface area contributed by atoms with Crippen LogP contribution in [0.1, 0.15) is 42.6 Å². The van der Waals surface area contributed by atoms with Gasteiger partial charge in [-0.2, -0.15) is 0 Å². The molecule has 27 heavy (non-hydrogen) atoms. The highest BCUT2D eigenvalue weighted by Crippen LogP contribution is 2.21. The van der Waals surface area contributed by atoms with Crippen LogP contribution >= 0.6 is 0 Å². The molecule has 5 nitrogen and oxygen atoms in total. The number of ketones is 1. The van der Waals surface area contributed by atoms with Gasteiger partial charge in [0.2, 0.25) is 0 Å². The minimum atomic E-state index is -0.603. The van der Waals surface area contributed by atoms with Gasteiger partial charge < -0.3 is 9.88 Å². The van der Waals surface area contributed by atoms with Gasteiger partial charge in [-0.1, -0.05) is 26.0 Å². The molecule has 1 aromatic carbocycles. The second-order valence-corrected chi connectivity index (χ2v) is 6.49. The molecule has 0 aliphatic carbocycles. The lowest BCUT2D eigenvalue weighted by atomic mass is 10.1. The number of aromatic nitrogens is 2. The van der Waals surface area contributed by atoms with Crippen LogP contribution in [0.2, 0.25) is 0 Å². The maximum atomic E-state index is 13.1. The quantitative estimate of drug-likeness (QED) is 0.511. The van der Waals surface area contributed by atoms with Crippen LogP contribution in [0.25, 0.3) is 11.0 Å². The van der Waals surface area contributed by atoms with E-state index in [1.165, 1.54) is 12.1 Å². The van der Waals surface area contributed by atoms with Crippen molar-refractivity contribution in [2.45, 2.75) is 39.3 Å². The molecule has 1 N–H and O–H groups in total. The van der Waals surface area contributed by atoms with E-state index in [0.717, 1.165) is 18.4 Å². The van der Waals surface area contributed by atoms with Gasteiger partial charge in [0.25, 0.3) is 11.7 Å². The summed E-state index contributed by atoms with van der Waals surface area (Å²) in [5, 5.41) is 3.41. The fourth-order valence-corrected chi connectivity index (χ4v) is 3.08. The van der Waals surface area contributed by atoms with Gasteiger partial charge in [0.1, 0.15) is 11.5 Å². The number of carbonyl (C=O) groups is 2. The first-order valence-corrected chi connectivity index (χ1v) is 9.07. The molecular weight excluding hydrogens is 345 g/mol. The molecular formula is C21H22FN3O2. The first-order valence-electron chi connectivity index (χ1n) is 9.07. The average molecular weight is 367 g/mol. The maximum absolute atomic E-state index is 13.1. The highest BCUT2D eigenvalue weighted by atomic mass is 19.1. The predicted octanol–water partition coefficient (Wildman–Crippen LogP) is 3.71. The molecule has 0 radical (unpaired) electrons. The van der Waals surface area contributed by atoms with E-state index in [4.69, 9.17) is 0 Å². The van der Waals surface area contributed by atoms with Crippen molar-refractivity contribution in [1.29, 1.82) is 0 Å². The number of nitrogens with zero attached hydrogens (tertiary/aromatic N) is 2. The number of nitrogens with one attached hydrogen (secondary N) is 1. The molecule has 0 aliphatic heterocycles. The summed E-state index contributed by atoms with van der Waals surface area (Å²) in [6.07, 6.45) is 4.82. The highest BCUT2D eigenvalue weighted by molar-refractivity contribution is 6.45. The zero-order valence-corrected chi connectivity index (χ0v) is 15.4. The molecule has 2 heterocycles. The Bertz CT molecular complexity index is 959. The SMILES string of the molecule is CCC(CC)NC(=O)C(=O)c1cn(Cc2ccc(F)cc2)c2ncccc12. The van der Waals surface area contributed by atoms with Crippen molar-refractivity contribution in [3.8, 4) is 0 Å². The van der Waals surface area contributed by atoms with Crippen LogP contribution in [0.5, 0.6) is 0 Å². The molecule has 0 spiro atoms. The first kappa shape index (κ1) is 18.8. The minimum absolute atomic E-state index is 0.0212. The Morgan fingerprint density at radius 3 is 2.52 bits per heavy atom. The molecule has 1 amide bonds. The molecule has 0 aliphatic rings. The van der Waals surface area contributed by atoms with E-state index in [2.05, 4.69) is 10.3 Å². The lowest BCUT2D eigenvalue weighted by molar-refractivity contribution is -0.117. The van der Waals surface area contributed by atoms with Gasteiger partial charge in [0.15, 0.2) is 0 Å². The van der Waals surface area contributed by atoms with Crippen LogP contribution in [0, 0.1) is 5.82 Å². The van der Waals surface area contributed by atoms with E-state index in [1.807, 2.05) is 13.8 Å². The van der Waals surface area contributed by atoms with E-state index in [-0.39, 0.29) is 11.9 Å². The summed E-state index contributed by atoms with van der Waals surface area (Å²) in [5.41, 5.74) is 1.81. The molecule has 0 saturated heterocycles. The van der Waals surface area contributed by atoms with Crippen molar-refractivity contribution in [2.24, 2.45) is 0 Å². The fraction of sp³-hybridized carbons (Fsp3) is 0.286. The van der Waals surface area contributed by atoms with Gasteiger partial charge in [-0.15, -0.1) is 0 Å². The molecule has 3 aromatic rings. The lowest BCUT2D eigenvalue weighted by Crippen LogP contribution is -2.38. The molecule has 2 aromatic heterocycles. The Hall–Kier alpha value is -3.02. The Morgan fingerprint density at radius 2 is 1.85 bits per heavy atom. The average Bonchev–Trinajstić information content (AvgIpc) is 3.05. The van der Waals surface area contributed by atoms with Crippen molar-refractivity contribution in [3.63, 3.8) is 0 Å². The van der Waals surface area contributed by atoms with E-state index >= 15 is 0 Å². The molecule has 3 rings (SSSR count). The third-order valence-corrected chi connectivity index (χ3v) is 4.67. The molecule has 140 valence electrons. The van der Waals surface area contributed by atoms with E-state index in [1.54, 1.807) is 41.2 Å². The van der Waals surface area contributed by atoms with Gasteiger partial charge >= 0.3 is 0 Å². The Kier molecular flexibility index (Phi) is 5.64. The van der Waals surface area contributed by atoms with E-state index < -0.39 is 11.7 Å². The van der Waals surface area contributed by atoms with E-state index in [9.17, 15) is 14.0 Å².